The zero-order valence-electron chi connectivity index (χ0n) is 20.1. The standard InChI is InChI=1S/C29H26ClN3O3S/c30-25-7-2-1-6-24(25)26-18-37-29(32-26)33(23-13-12-20-4-3-5-22(20)16-23)17-19-8-10-21(11-9-19)28(36)31-15-14-27(34)35/h1-2,6-13,16,18H,3-5,14-15,17H2,(H,31,36)(H,34,35). The van der Waals surface area contributed by atoms with Crippen LogP contribution in [0.15, 0.2) is 72.1 Å². The van der Waals surface area contributed by atoms with E-state index in [-0.39, 0.29) is 18.9 Å². The van der Waals surface area contributed by atoms with Crippen LogP contribution in [-0.2, 0) is 24.2 Å². The highest BCUT2D eigenvalue weighted by Gasteiger charge is 2.19. The normalized spacial score (nSPS) is 12.2. The molecule has 37 heavy (non-hydrogen) atoms. The van der Waals surface area contributed by atoms with Crippen molar-refractivity contribution in [3.8, 4) is 11.3 Å². The number of carbonyl (C=O) groups excluding carboxylic acids is 1. The first-order valence-electron chi connectivity index (χ1n) is 12.2. The molecule has 8 heteroatoms. The SMILES string of the molecule is O=C(O)CCNC(=O)c1ccc(CN(c2ccc3c(c2)CCC3)c2nc(-c3ccccc3Cl)cs2)cc1. The van der Waals surface area contributed by atoms with Gasteiger partial charge in [-0.05, 0) is 66.3 Å². The van der Waals surface area contributed by atoms with Crippen LogP contribution in [0.2, 0.25) is 5.02 Å². The van der Waals surface area contributed by atoms with Gasteiger partial charge < -0.3 is 15.3 Å². The number of halogens is 1. The molecule has 0 bridgehead atoms. The van der Waals surface area contributed by atoms with Crippen LogP contribution in [0.4, 0.5) is 10.8 Å². The van der Waals surface area contributed by atoms with Gasteiger partial charge in [0.05, 0.1) is 18.7 Å². The highest BCUT2D eigenvalue weighted by atomic mass is 35.5. The predicted molar refractivity (Wildman–Crippen MR) is 148 cm³/mol. The molecule has 0 spiro atoms. The van der Waals surface area contributed by atoms with Crippen LogP contribution >= 0.6 is 22.9 Å². The number of carboxylic acids is 1. The lowest BCUT2D eigenvalue weighted by Crippen LogP contribution is -2.26. The van der Waals surface area contributed by atoms with Crippen LogP contribution in [0, 0.1) is 0 Å². The number of amides is 1. The lowest BCUT2D eigenvalue weighted by molar-refractivity contribution is -0.136. The molecular weight excluding hydrogens is 506 g/mol. The van der Waals surface area contributed by atoms with Crippen LogP contribution in [0.3, 0.4) is 0 Å². The number of carboxylic acid groups (broad SMARTS) is 1. The summed E-state index contributed by atoms with van der Waals surface area (Å²) in [5.41, 5.74) is 7.14. The second kappa shape index (κ2) is 11.2. The summed E-state index contributed by atoms with van der Waals surface area (Å²) in [6, 6.07) is 21.7. The van der Waals surface area contributed by atoms with Gasteiger partial charge in [0, 0.05) is 33.8 Å². The van der Waals surface area contributed by atoms with Gasteiger partial charge in [-0.15, -0.1) is 11.3 Å². The number of carbonyl (C=O) groups is 2. The van der Waals surface area contributed by atoms with Crippen molar-refractivity contribution in [2.75, 3.05) is 11.4 Å². The molecule has 0 unspecified atom stereocenters. The maximum atomic E-state index is 12.3. The molecule has 1 heterocycles. The van der Waals surface area contributed by atoms with E-state index in [9.17, 15) is 9.59 Å². The summed E-state index contributed by atoms with van der Waals surface area (Å²) >= 11 is 8.01. The van der Waals surface area contributed by atoms with E-state index in [1.807, 2.05) is 41.8 Å². The Balaban J connectivity index is 1.41. The van der Waals surface area contributed by atoms with E-state index in [2.05, 4.69) is 28.4 Å². The Labute approximate surface area is 224 Å². The number of rotatable bonds is 9. The molecular formula is C29H26ClN3O3S. The zero-order chi connectivity index (χ0) is 25.8. The van der Waals surface area contributed by atoms with Crippen LogP contribution < -0.4 is 10.2 Å². The lowest BCUT2D eigenvalue weighted by atomic mass is 10.1. The minimum absolute atomic E-state index is 0.0971. The highest BCUT2D eigenvalue weighted by molar-refractivity contribution is 7.14. The van der Waals surface area contributed by atoms with Crippen molar-refractivity contribution < 1.29 is 14.7 Å². The molecule has 0 radical (unpaired) electrons. The number of benzene rings is 3. The van der Waals surface area contributed by atoms with Gasteiger partial charge in [-0.3, -0.25) is 9.59 Å². The molecule has 0 atom stereocenters. The summed E-state index contributed by atoms with van der Waals surface area (Å²) in [6.45, 7) is 0.676. The van der Waals surface area contributed by atoms with Crippen LogP contribution in [0.25, 0.3) is 11.3 Å². The van der Waals surface area contributed by atoms with E-state index in [4.69, 9.17) is 21.7 Å². The number of nitrogens with zero attached hydrogens (tertiary/aromatic N) is 2. The average molecular weight is 532 g/mol. The summed E-state index contributed by atoms with van der Waals surface area (Å²) in [5, 5.41) is 15.0. The third-order valence-corrected chi connectivity index (χ3v) is 7.64. The number of aryl methyl sites for hydroxylation is 2. The molecule has 4 aromatic rings. The Morgan fingerprint density at radius 2 is 1.81 bits per heavy atom. The van der Waals surface area contributed by atoms with Crippen molar-refractivity contribution in [2.24, 2.45) is 0 Å². The van der Waals surface area contributed by atoms with E-state index in [0.29, 0.717) is 17.1 Å². The van der Waals surface area contributed by atoms with Crippen molar-refractivity contribution in [1.82, 2.24) is 10.3 Å². The Morgan fingerprint density at radius 3 is 2.59 bits per heavy atom. The van der Waals surface area contributed by atoms with Gasteiger partial charge >= 0.3 is 5.97 Å². The molecule has 188 valence electrons. The van der Waals surface area contributed by atoms with Crippen LogP contribution in [0.5, 0.6) is 0 Å². The fourth-order valence-electron chi connectivity index (χ4n) is 4.51. The fourth-order valence-corrected chi connectivity index (χ4v) is 5.58. The zero-order valence-corrected chi connectivity index (χ0v) is 21.7. The van der Waals surface area contributed by atoms with Crippen molar-refractivity contribution in [2.45, 2.75) is 32.2 Å². The Hall–Kier alpha value is -3.68. The first kappa shape index (κ1) is 25.0. The number of hydrogen-bond acceptors (Lipinski definition) is 5. The largest absolute Gasteiger partial charge is 0.481 e. The Morgan fingerprint density at radius 1 is 1.03 bits per heavy atom. The van der Waals surface area contributed by atoms with Crippen molar-refractivity contribution in [3.63, 3.8) is 0 Å². The number of nitrogens with one attached hydrogen (secondary N) is 1. The third-order valence-electron chi connectivity index (χ3n) is 6.45. The number of hydrogen-bond donors (Lipinski definition) is 2. The Kier molecular flexibility index (Phi) is 7.53. The first-order valence-corrected chi connectivity index (χ1v) is 13.4. The molecule has 3 aromatic carbocycles. The van der Waals surface area contributed by atoms with Gasteiger partial charge in [0.2, 0.25) is 0 Å². The van der Waals surface area contributed by atoms with E-state index in [0.717, 1.165) is 40.5 Å². The monoisotopic (exact) mass is 531 g/mol. The summed E-state index contributed by atoms with van der Waals surface area (Å²) in [5.74, 6) is -1.23. The molecule has 1 amide bonds. The van der Waals surface area contributed by atoms with Crippen LogP contribution in [-0.4, -0.2) is 28.5 Å². The maximum absolute atomic E-state index is 12.3. The van der Waals surface area contributed by atoms with Gasteiger partial charge in [0.25, 0.3) is 5.91 Å². The quantitative estimate of drug-likeness (QED) is 0.258. The first-order chi connectivity index (χ1) is 18.0. The molecule has 0 fully saturated rings. The summed E-state index contributed by atoms with van der Waals surface area (Å²) in [4.78, 5) is 30.2. The highest BCUT2D eigenvalue weighted by Crippen LogP contribution is 2.37. The molecule has 6 nitrogen and oxygen atoms in total. The number of thiazole rings is 1. The van der Waals surface area contributed by atoms with Gasteiger partial charge in [-0.2, -0.15) is 0 Å². The van der Waals surface area contributed by atoms with Gasteiger partial charge in [-0.1, -0.05) is 48.0 Å². The molecule has 0 saturated carbocycles. The van der Waals surface area contributed by atoms with E-state index in [1.165, 1.54) is 17.5 Å². The number of anilines is 2. The molecule has 5 rings (SSSR count). The molecule has 0 aliphatic heterocycles. The number of aliphatic carboxylic acids is 1. The number of aromatic nitrogens is 1. The molecule has 0 saturated heterocycles. The maximum Gasteiger partial charge on any atom is 0.305 e. The van der Waals surface area contributed by atoms with E-state index < -0.39 is 5.97 Å². The van der Waals surface area contributed by atoms with Gasteiger partial charge in [0.15, 0.2) is 5.13 Å². The third kappa shape index (κ3) is 5.84. The predicted octanol–water partition coefficient (Wildman–Crippen LogP) is 6.50. The molecule has 1 aliphatic rings. The fraction of sp³-hybridized carbons (Fsp3) is 0.207. The van der Waals surface area contributed by atoms with Crippen molar-refractivity contribution in [1.29, 1.82) is 0 Å². The van der Waals surface area contributed by atoms with Crippen molar-refractivity contribution in [3.05, 3.63) is 99.4 Å². The summed E-state index contributed by atoms with van der Waals surface area (Å²) < 4.78 is 0. The van der Waals surface area contributed by atoms with E-state index >= 15 is 0 Å². The molecule has 1 aliphatic carbocycles. The minimum Gasteiger partial charge on any atom is -0.481 e. The lowest BCUT2D eigenvalue weighted by Gasteiger charge is -2.23. The summed E-state index contributed by atoms with van der Waals surface area (Å²) in [7, 11) is 0. The topological polar surface area (TPSA) is 82.5 Å². The number of fused-ring (bicyclic) bond motifs is 1. The summed E-state index contributed by atoms with van der Waals surface area (Å²) in [6.07, 6.45) is 3.29. The van der Waals surface area contributed by atoms with E-state index in [1.54, 1.807) is 23.5 Å². The molecule has 1 aromatic heterocycles. The minimum atomic E-state index is -0.942. The van der Waals surface area contributed by atoms with Crippen LogP contribution in [0.1, 0.15) is 39.9 Å². The van der Waals surface area contributed by atoms with Gasteiger partial charge in [0.1, 0.15) is 0 Å². The second-order valence-corrected chi connectivity index (χ2v) is 10.2. The molecule has 2 N–H and O–H groups in total. The average Bonchev–Trinajstić information content (AvgIpc) is 3.57. The Bertz CT molecular complexity index is 1430. The smallest absolute Gasteiger partial charge is 0.305 e. The second-order valence-electron chi connectivity index (χ2n) is 8.98. The van der Waals surface area contributed by atoms with Gasteiger partial charge in [-0.25, -0.2) is 4.98 Å². The van der Waals surface area contributed by atoms with Crippen molar-refractivity contribution >= 4 is 45.6 Å².